The highest BCUT2D eigenvalue weighted by atomic mass is 32.1. The summed E-state index contributed by atoms with van der Waals surface area (Å²) in [5.41, 5.74) is 0.646. The minimum Gasteiger partial charge on any atom is -0.310 e. The molecule has 1 aromatic carbocycles. The number of aromatic nitrogens is 2. The molecule has 0 spiro atoms. The van der Waals surface area contributed by atoms with Crippen molar-refractivity contribution in [2.75, 3.05) is 0 Å². The number of hydrogen-bond acceptors (Lipinski definition) is 4. The number of ketones is 1. The van der Waals surface area contributed by atoms with Crippen LogP contribution in [0.25, 0.3) is 10.2 Å². The van der Waals surface area contributed by atoms with Gasteiger partial charge in [-0.1, -0.05) is 12.1 Å². The van der Waals surface area contributed by atoms with Crippen molar-refractivity contribution < 1.29 is 9.18 Å². The number of halogens is 1. The first-order valence-corrected chi connectivity index (χ1v) is 7.55. The molecular weight excluding hydrogens is 303 g/mol. The second-order valence-electron chi connectivity index (χ2n) is 5.06. The highest BCUT2D eigenvalue weighted by Gasteiger charge is 2.16. The lowest BCUT2D eigenvalue weighted by Crippen LogP contribution is -2.15. The molecule has 112 valence electrons. The number of nitrogens with one attached hydrogen (secondary N) is 1. The third-order valence-corrected chi connectivity index (χ3v) is 4.69. The van der Waals surface area contributed by atoms with E-state index < -0.39 is 11.6 Å². The number of H-pyrrole nitrogens is 1. The van der Waals surface area contributed by atoms with E-state index >= 15 is 0 Å². The van der Waals surface area contributed by atoms with Gasteiger partial charge in [-0.25, -0.2) is 9.37 Å². The summed E-state index contributed by atoms with van der Waals surface area (Å²) in [6, 6.07) is 5.78. The fourth-order valence-corrected chi connectivity index (χ4v) is 3.37. The number of fused-ring (bicyclic) bond motifs is 1. The fraction of sp³-hybridized carbons (Fsp3) is 0.188. The number of carbonyl (C=O) groups excluding carboxylic acids is 1. The fourth-order valence-electron chi connectivity index (χ4n) is 2.32. The predicted octanol–water partition coefficient (Wildman–Crippen LogP) is 3.17. The van der Waals surface area contributed by atoms with Crippen LogP contribution in [-0.2, 0) is 6.42 Å². The Kier molecular flexibility index (Phi) is 3.62. The minimum atomic E-state index is -0.571. The first kappa shape index (κ1) is 14.6. The maximum absolute atomic E-state index is 13.6. The molecule has 0 atom stereocenters. The average Bonchev–Trinajstić information content (AvgIpc) is 2.74. The lowest BCUT2D eigenvalue weighted by atomic mass is 10.1. The van der Waals surface area contributed by atoms with Crippen molar-refractivity contribution in [3.8, 4) is 0 Å². The number of Topliss-reactive ketones (excluding diaryl/α,β-unsaturated/α-hetero) is 1. The van der Waals surface area contributed by atoms with E-state index in [1.54, 1.807) is 6.07 Å². The molecule has 0 saturated heterocycles. The summed E-state index contributed by atoms with van der Waals surface area (Å²) in [6.45, 7) is 3.79. The minimum absolute atomic E-state index is 0.00351. The van der Waals surface area contributed by atoms with Gasteiger partial charge in [0.2, 0.25) is 0 Å². The molecule has 0 amide bonds. The van der Waals surface area contributed by atoms with E-state index in [4.69, 9.17) is 0 Å². The van der Waals surface area contributed by atoms with Crippen LogP contribution in [0, 0.1) is 19.7 Å². The van der Waals surface area contributed by atoms with Crippen molar-refractivity contribution in [3.63, 3.8) is 0 Å². The van der Waals surface area contributed by atoms with Crippen molar-refractivity contribution in [1.82, 2.24) is 9.97 Å². The van der Waals surface area contributed by atoms with Crippen LogP contribution in [0.2, 0.25) is 0 Å². The number of carbonyl (C=O) groups is 1. The summed E-state index contributed by atoms with van der Waals surface area (Å²) in [4.78, 5) is 32.9. The van der Waals surface area contributed by atoms with Gasteiger partial charge < -0.3 is 4.98 Å². The molecule has 0 aliphatic rings. The van der Waals surface area contributed by atoms with E-state index in [0.29, 0.717) is 10.2 Å². The van der Waals surface area contributed by atoms with Gasteiger partial charge in [0, 0.05) is 4.88 Å². The Hall–Kier alpha value is -2.34. The molecule has 1 N–H and O–H groups in total. The topological polar surface area (TPSA) is 62.8 Å². The number of aryl methyl sites for hydroxylation is 2. The van der Waals surface area contributed by atoms with Crippen LogP contribution < -0.4 is 5.56 Å². The van der Waals surface area contributed by atoms with Crippen LogP contribution in [0.4, 0.5) is 4.39 Å². The van der Waals surface area contributed by atoms with E-state index in [2.05, 4.69) is 9.97 Å². The van der Waals surface area contributed by atoms with E-state index in [1.165, 1.54) is 29.5 Å². The molecule has 3 aromatic rings. The van der Waals surface area contributed by atoms with Crippen LogP contribution in [0.3, 0.4) is 0 Å². The number of aromatic amines is 1. The number of rotatable bonds is 3. The van der Waals surface area contributed by atoms with Crippen molar-refractivity contribution in [3.05, 3.63) is 62.3 Å². The zero-order valence-electron chi connectivity index (χ0n) is 12.1. The monoisotopic (exact) mass is 316 g/mol. The van der Waals surface area contributed by atoms with Crippen LogP contribution in [0.15, 0.2) is 29.1 Å². The predicted molar refractivity (Wildman–Crippen MR) is 84.1 cm³/mol. The lowest BCUT2D eigenvalue weighted by Gasteiger charge is -2.02. The Morgan fingerprint density at radius 2 is 2.05 bits per heavy atom. The molecule has 3 rings (SSSR count). The maximum atomic E-state index is 13.6. The Morgan fingerprint density at radius 1 is 1.32 bits per heavy atom. The number of hydrogen-bond donors (Lipinski definition) is 1. The number of thiophene rings is 1. The van der Waals surface area contributed by atoms with Gasteiger partial charge in [0.25, 0.3) is 5.56 Å². The Bertz CT molecular complexity index is 943. The molecule has 0 aliphatic heterocycles. The third kappa shape index (κ3) is 2.46. The van der Waals surface area contributed by atoms with Crippen molar-refractivity contribution in [2.24, 2.45) is 0 Å². The average molecular weight is 316 g/mol. The Labute approximate surface area is 129 Å². The Morgan fingerprint density at radius 3 is 2.77 bits per heavy atom. The van der Waals surface area contributed by atoms with Gasteiger partial charge in [-0.05, 0) is 31.5 Å². The summed E-state index contributed by atoms with van der Waals surface area (Å²) in [7, 11) is 0. The zero-order valence-corrected chi connectivity index (χ0v) is 12.9. The summed E-state index contributed by atoms with van der Waals surface area (Å²) in [5.74, 6) is -0.726. The third-order valence-electron chi connectivity index (χ3n) is 3.59. The molecule has 0 fully saturated rings. The first-order valence-electron chi connectivity index (χ1n) is 6.74. The van der Waals surface area contributed by atoms with Gasteiger partial charge in [0.15, 0.2) is 5.78 Å². The van der Waals surface area contributed by atoms with E-state index in [0.717, 1.165) is 10.4 Å². The molecule has 0 saturated carbocycles. The molecular formula is C16H13FN2O2S. The van der Waals surface area contributed by atoms with Gasteiger partial charge in [-0.2, -0.15) is 0 Å². The van der Waals surface area contributed by atoms with Gasteiger partial charge in [0.1, 0.15) is 16.5 Å². The molecule has 2 aromatic heterocycles. The normalized spacial score (nSPS) is 11.0. The highest BCUT2D eigenvalue weighted by molar-refractivity contribution is 7.18. The second-order valence-corrected chi connectivity index (χ2v) is 6.26. The van der Waals surface area contributed by atoms with Gasteiger partial charge >= 0.3 is 0 Å². The maximum Gasteiger partial charge on any atom is 0.259 e. The standard InChI is InChI=1S/C16H13FN2O2S/c1-8-9(2)22-16-14(8)15(21)18-13(19-16)7-12(20)10-5-3-4-6-11(10)17/h3-6H,7H2,1-2H3,(H,18,19,21). The summed E-state index contributed by atoms with van der Waals surface area (Å²) >= 11 is 1.42. The van der Waals surface area contributed by atoms with Gasteiger partial charge in [0.05, 0.1) is 17.4 Å². The molecule has 22 heavy (non-hydrogen) atoms. The largest absolute Gasteiger partial charge is 0.310 e. The van der Waals surface area contributed by atoms with Crippen molar-refractivity contribution >= 4 is 27.3 Å². The SMILES string of the molecule is Cc1sc2nc(CC(=O)c3ccccc3F)[nH]c(=O)c2c1C. The highest BCUT2D eigenvalue weighted by Crippen LogP contribution is 2.25. The lowest BCUT2D eigenvalue weighted by molar-refractivity contribution is 0.0987. The van der Waals surface area contributed by atoms with Crippen LogP contribution >= 0.6 is 11.3 Å². The van der Waals surface area contributed by atoms with Gasteiger partial charge in [-0.3, -0.25) is 9.59 Å². The summed E-state index contributed by atoms with van der Waals surface area (Å²) in [5, 5.41) is 0.560. The summed E-state index contributed by atoms with van der Waals surface area (Å²) < 4.78 is 13.6. The van der Waals surface area contributed by atoms with Crippen LogP contribution in [0.1, 0.15) is 26.6 Å². The number of benzene rings is 1. The zero-order chi connectivity index (χ0) is 15.9. The van der Waals surface area contributed by atoms with Gasteiger partial charge in [-0.15, -0.1) is 11.3 Å². The molecule has 2 heterocycles. The molecule has 0 radical (unpaired) electrons. The molecule has 4 nitrogen and oxygen atoms in total. The summed E-state index contributed by atoms with van der Waals surface area (Å²) in [6.07, 6.45) is -0.137. The Balaban J connectivity index is 2.00. The van der Waals surface area contributed by atoms with E-state index in [-0.39, 0.29) is 23.4 Å². The molecule has 0 bridgehead atoms. The smallest absolute Gasteiger partial charge is 0.259 e. The van der Waals surface area contributed by atoms with Crippen LogP contribution in [0.5, 0.6) is 0 Å². The molecule has 0 unspecified atom stereocenters. The van der Waals surface area contributed by atoms with E-state index in [9.17, 15) is 14.0 Å². The molecule has 0 aliphatic carbocycles. The van der Waals surface area contributed by atoms with Crippen molar-refractivity contribution in [1.29, 1.82) is 0 Å². The van der Waals surface area contributed by atoms with Crippen LogP contribution in [-0.4, -0.2) is 15.8 Å². The first-order chi connectivity index (χ1) is 10.5. The van der Waals surface area contributed by atoms with Crippen molar-refractivity contribution in [2.45, 2.75) is 20.3 Å². The number of nitrogens with zero attached hydrogens (tertiary/aromatic N) is 1. The second kappa shape index (κ2) is 5.46. The quantitative estimate of drug-likeness (QED) is 0.755. The van der Waals surface area contributed by atoms with E-state index in [1.807, 2.05) is 13.8 Å². The molecule has 6 heteroatoms.